The van der Waals surface area contributed by atoms with Crippen molar-refractivity contribution in [2.75, 3.05) is 31.1 Å². The third-order valence-corrected chi connectivity index (χ3v) is 4.67. The van der Waals surface area contributed by atoms with E-state index >= 15 is 0 Å². The van der Waals surface area contributed by atoms with Crippen molar-refractivity contribution in [3.05, 3.63) is 46.9 Å². The zero-order valence-corrected chi connectivity index (χ0v) is 14.6. The standard InChI is InChI=1S/C18H20N6O2/c1-13(25)22-8-5-9-23(11-10-22)18-20-16-15(17(26)21-18)12-19-24(16)14-6-3-2-4-7-14/h2-4,6-7,12H,5,8-11H2,1H3,(H,20,21,26). The quantitative estimate of drug-likeness (QED) is 0.748. The Morgan fingerprint density at radius 3 is 2.69 bits per heavy atom. The fraction of sp³-hybridized carbons (Fsp3) is 0.333. The number of nitrogens with one attached hydrogen (secondary N) is 1. The van der Waals surface area contributed by atoms with Crippen LogP contribution in [0.1, 0.15) is 13.3 Å². The number of anilines is 1. The molecule has 2 aromatic heterocycles. The van der Waals surface area contributed by atoms with E-state index in [1.54, 1.807) is 11.6 Å². The van der Waals surface area contributed by atoms with E-state index in [1.807, 2.05) is 40.1 Å². The van der Waals surface area contributed by atoms with Crippen molar-refractivity contribution >= 4 is 22.9 Å². The van der Waals surface area contributed by atoms with E-state index in [4.69, 9.17) is 0 Å². The molecule has 8 heteroatoms. The van der Waals surface area contributed by atoms with E-state index in [2.05, 4.69) is 15.1 Å². The molecule has 1 saturated heterocycles. The monoisotopic (exact) mass is 352 g/mol. The molecule has 0 aliphatic carbocycles. The second-order valence-electron chi connectivity index (χ2n) is 6.37. The molecular weight excluding hydrogens is 332 g/mol. The summed E-state index contributed by atoms with van der Waals surface area (Å²) < 4.78 is 1.67. The maximum absolute atomic E-state index is 12.5. The van der Waals surface area contributed by atoms with Crippen LogP contribution in [-0.2, 0) is 4.79 Å². The fourth-order valence-corrected chi connectivity index (χ4v) is 3.26. The minimum absolute atomic E-state index is 0.0749. The average Bonchev–Trinajstić information content (AvgIpc) is 2.91. The molecule has 3 aromatic rings. The van der Waals surface area contributed by atoms with Crippen LogP contribution in [0, 0.1) is 0 Å². The van der Waals surface area contributed by atoms with Gasteiger partial charge in [0.1, 0.15) is 5.39 Å². The Kier molecular flexibility index (Phi) is 4.16. The second kappa shape index (κ2) is 6.62. The molecule has 3 heterocycles. The molecule has 0 radical (unpaired) electrons. The lowest BCUT2D eigenvalue weighted by atomic mass is 10.3. The van der Waals surface area contributed by atoms with Crippen LogP contribution in [0.2, 0.25) is 0 Å². The number of hydrogen-bond donors (Lipinski definition) is 1. The van der Waals surface area contributed by atoms with Crippen LogP contribution >= 0.6 is 0 Å². The van der Waals surface area contributed by atoms with Crippen LogP contribution in [0.3, 0.4) is 0 Å². The van der Waals surface area contributed by atoms with Gasteiger partial charge in [0.2, 0.25) is 11.9 Å². The zero-order valence-electron chi connectivity index (χ0n) is 14.6. The van der Waals surface area contributed by atoms with E-state index in [9.17, 15) is 9.59 Å². The van der Waals surface area contributed by atoms with Gasteiger partial charge in [0.25, 0.3) is 5.56 Å². The van der Waals surface area contributed by atoms with E-state index < -0.39 is 0 Å². The van der Waals surface area contributed by atoms with Crippen LogP contribution in [0.5, 0.6) is 0 Å². The molecule has 0 spiro atoms. The molecule has 0 bridgehead atoms. The largest absolute Gasteiger partial charge is 0.341 e. The minimum Gasteiger partial charge on any atom is -0.341 e. The number of H-pyrrole nitrogens is 1. The molecule has 1 aromatic carbocycles. The molecule has 0 unspecified atom stereocenters. The normalized spacial score (nSPS) is 15.3. The van der Waals surface area contributed by atoms with Crippen LogP contribution in [0.25, 0.3) is 16.7 Å². The number of benzene rings is 1. The predicted octanol–water partition coefficient (Wildman–Crippen LogP) is 1.17. The summed E-state index contributed by atoms with van der Waals surface area (Å²) in [6, 6.07) is 9.61. The summed E-state index contributed by atoms with van der Waals surface area (Å²) in [5.41, 5.74) is 1.17. The van der Waals surface area contributed by atoms with Crippen molar-refractivity contribution in [1.82, 2.24) is 24.6 Å². The van der Waals surface area contributed by atoms with E-state index in [-0.39, 0.29) is 11.5 Å². The number of fused-ring (bicyclic) bond motifs is 1. The van der Waals surface area contributed by atoms with Gasteiger partial charge < -0.3 is 9.80 Å². The summed E-state index contributed by atoms with van der Waals surface area (Å²) >= 11 is 0. The van der Waals surface area contributed by atoms with Gasteiger partial charge in [-0.05, 0) is 18.6 Å². The number of aromatic amines is 1. The molecule has 1 aliphatic heterocycles. The Bertz CT molecular complexity index is 994. The summed E-state index contributed by atoms with van der Waals surface area (Å²) in [7, 11) is 0. The summed E-state index contributed by atoms with van der Waals surface area (Å²) in [6.07, 6.45) is 2.37. The lowest BCUT2D eigenvalue weighted by Crippen LogP contribution is -2.34. The van der Waals surface area contributed by atoms with Gasteiger partial charge in [0, 0.05) is 33.1 Å². The summed E-state index contributed by atoms with van der Waals surface area (Å²) in [4.78, 5) is 35.5. The van der Waals surface area contributed by atoms with Crippen molar-refractivity contribution in [3.63, 3.8) is 0 Å². The summed E-state index contributed by atoms with van der Waals surface area (Å²) in [6.45, 7) is 4.29. The van der Waals surface area contributed by atoms with Crippen molar-refractivity contribution < 1.29 is 4.79 Å². The Morgan fingerprint density at radius 1 is 1.12 bits per heavy atom. The van der Waals surface area contributed by atoms with E-state index in [0.29, 0.717) is 30.1 Å². The van der Waals surface area contributed by atoms with Gasteiger partial charge >= 0.3 is 0 Å². The number of rotatable bonds is 2. The van der Waals surface area contributed by atoms with Crippen LogP contribution < -0.4 is 10.5 Å². The first-order valence-corrected chi connectivity index (χ1v) is 8.67. The Hall–Kier alpha value is -3.16. The number of carbonyl (C=O) groups excluding carboxylic acids is 1. The first-order valence-electron chi connectivity index (χ1n) is 8.67. The second-order valence-corrected chi connectivity index (χ2v) is 6.37. The molecule has 1 fully saturated rings. The molecule has 1 N–H and O–H groups in total. The number of carbonyl (C=O) groups is 1. The molecule has 134 valence electrons. The van der Waals surface area contributed by atoms with Gasteiger partial charge in [-0.15, -0.1) is 0 Å². The highest BCUT2D eigenvalue weighted by molar-refractivity contribution is 5.76. The van der Waals surface area contributed by atoms with Crippen molar-refractivity contribution in [1.29, 1.82) is 0 Å². The lowest BCUT2D eigenvalue weighted by Gasteiger charge is -2.21. The van der Waals surface area contributed by atoms with Crippen molar-refractivity contribution in [2.24, 2.45) is 0 Å². The predicted molar refractivity (Wildman–Crippen MR) is 98.6 cm³/mol. The first kappa shape index (κ1) is 16.3. The average molecular weight is 352 g/mol. The SMILES string of the molecule is CC(=O)N1CCCN(c2nc3c(cnn3-c3ccccc3)c(=O)[nH]2)CC1. The van der Waals surface area contributed by atoms with Gasteiger partial charge in [-0.1, -0.05) is 18.2 Å². The molecular formula is C18H20N6O2. The van der Waals surface area contributed by atoms with Crippen LogP contribution in [0.4, 0.5) is 5.95 Å². The number of aromatic nitrogens is 4. The number of para-hydroxylation sites is 1. The van der Waals surface area contributed by atoms with Gasteiger partial charge in [0.05, 0.1) is 11.9 Å². The number of nitrogens with zero attached hydrogens (tertiary/aromatic N) is 5. The Morgan fingerprint density at radius 2 is 1.92 bits per heavy atom. The van der Waals surface area contributed by atoms with Gasteiger partial charge in [-0.2, -0.15) is 10.1 Å². The molecule has 1 amide bonds. The highest BCUT2D eigenvalue weighted by Crippen LogP contribution is 2.17. The van der Waals surface area contributed by atoms with Gasteiger partial charge in [0.15, 0.2) is 5.65 Å². The molecule has 8 nitrogen and oxygen atoms in total. The number of hydrogen-bond acceptors (Lipinski definition) is 5. The lowest BCUT2D eigenvalue weighted by molar-refractivity contribution is -0.128. The van der Waals surface area contributed by atoms with Crippen LogP contribution in [-0.4, -0.2) is 56.7 Å². The summed E-state index contributed by atoms with van der Waals surface area (Å²) in [5, 5.41) is 4.79. The van der Waals surface area contributed by atoms with E-state index in [0.717, 1.165) is 25.2 Å². The molecule has 26 heavy (non-hydrogen) atoms. The highest BCUT2D eigenvalue weighted by atomic mass is 16.2. The Balaban J connectivity index is 1.73. The molecule has 0 atom stereocenters. The van der Waals surface area contributed by atoms with Crippen LogP contribution in [0.15, 0.2) is 41.3 Å². The number of amides is 1. The maximum Gasteiger partial charge on any atom is 0.263 e. The third-order valence-electron chi connectivity index (χ3n) is 4.67. The minimum atomic E-state index is -0.208. The third kappa shape index (κ3) is 2.94. The van der Waals surface area contributed by atoms with Gasteiger partial charge in [-0.25, -0.2) is 4.68 Å². The smallest absolute Gasteiger partial charge is 0.263 e. The molecule has 4 rings (SSSR count). The molecule has 0 saturated carbocycles. The van der Waals surface area contributed by atoms with Gasteiger partial charge in [-0.3, -0.25) is 14.6 Å². The van der Waals surface area contributed by atoms with Crippen molar-refractivity contribution in [2.45, 2.75) is 13.3 Å². The summed E-state index contributed by atoms with van der Waals surface area (Å²) in [5.74, 6) is 0.594. The van der Waals surface area contributed by atoms with E-state index in [1.165, 1.54) is 6.20 Å². The highest BCUT2D eigenvalue weighted by Gasteiger charge is 2.20. The maximum atomic E-state index is 12.5. The zero-order chi connectivity index (χ0) is 18.1. The van der Waals surface area contributed by atoms with Crippen molar-refractivity contribution in [3.8, 4) is 5.69 Å². The molecule has 1 aliphatic rings. The Labute approximate surface area is 150 Å². The fourth-order valence-electron chi connectivity index (χ4n) is 3.26. The topological polar surface area (TPSA) is 87.1 Å². The first-order chi connectivity index (χ1) is 12.6.